The summed E-state index contributed by atoms with van der Waals surface area (Å²) in [4.78, 5) is 9.83. The number of nitrogens with zero attached hydrogens (tertiary/aromatic N) is 2. The third kappa shape index (κ3) is 3.41. The summed E-state index contributed by atoms with van der Waals surface area (Å²) in [6.07, 6.45) is 1.72. The van der Waals surface area contributed by atoms with Crippen LogP contribution < -0.4 is 4.72 Å². The van der Waals surface area contributed by atoms with Gasteiger partial charge in [-0.15, -0.1) is 0 Å². The summed E-state index contributed by atoms with van der Waals surface area (Å²) in [7, 11) is -3.69. The van der Waals surface area contributed by atoms with E-state index >= 15 is 0 Å². The van der Waals surface area contributed by atoms with E-state index in [4.69, 9.17) is 11.6 Å². The number of benzene rings is 2. The lowest BCUT2D eigenvalue weighted by Gasteiger charge is -2.09. The van der Waals surface area contributed by atoms with Crippen LogP contribution >= 0.6 is 22.9 Å². The van der Waals surface area contributed by atoms with E-state index in [1.165, 1.54) is 23.5 Å². The maximum absolute atomic E-state index is 12.5. The van der Waals surface area contributed by atoms with Gasteiger partial charge in [0.15, 0.2) is 0 Å². The third-order valence-corrected chi connectivity index (χ3v) is 6.33. The van der Waals surface area contributed by atoms with Crippen molar-refractivity contribution in [3.8, 4) is 10.6 Å². The Bertz CT molecular complexity index is 1160. The fraction of sp³-hybridized carbons (Fsp3) is 0. The van der Waals surface area contributed by atoms with Crippen molar-refractivity contribution < 1.29 is 8.42 Å². The normalized spacial score (nSPS) is 11.6. The van der Waals surface area contributed by atoms with E-state index in [1.54, 1.807) is 36.5 Å². The van der Waals surface area contributed by atoms with Crippen LogP contribution in [-0.2, 0) is 10.0 Å². The average Bonchev–Trinajstić information content (AvgIpc) is 3.06. The molecule has 2 aromatic carbocycles. The molecule has 0 amide bonds. The zero-order valence-electron chi connectivity index (χ0n) is 13.3. The van der Waals surface area contributed by atoms with Gasteiger partial charge in [0.25, 0.3) is 10.0 Å². The summed E-state index contributed by atoms with van der Waals surface area (Å²) >= 11 is 7.28. The molecule has 5 nitrogen and oxygen atoms in total. The smallest absolute Gasteiger partial charge is 0.261 e. The number of fused-ring (bicyclic) bond motifs is 1. The molecule has 26 heavy (non-hydrogen) atoms. The maximum Gasteiger partial charge on any atom is 0.261 e. The van der Waals surface area contributed by atoms with Crippen LogP contribution in [0.2, 0.25) is 5.02 Å². The molecule has 1 N–H and O–H groups in total. The van der Waals surface area contributed by atoms with E-state index in [2.05, 4.69) is 14.7 Å². The molecule has 130 valence electrons. The number of halogens is 1. The quantitative estimate of drug-likeness (QED) is 0.532. The van der Waals surface area contributed by atoms with E-state index in [-0.39, 0.29) is 4.90 Å². The van der Waals surface area contributed by atoms with Gasteiger partial charge in [0.2, 0.25) is 0 Å². The topological polar surface area (TPSA) is 72.0 Å². The lowest BCUT2D eigenvalue weighted by atomic mass is 10.2. The lowest BCUT2D eigenvalue weighted by Crippen LogP contribution is -2.12. The van der Waals surface area contributed by atoms with Crippen molar-refractivity contribution in [2.75, 3.05) is 4.72 Å². The average molecular weight is 402 g/mol. The van der Waals surface area contributed by atoms with Crippen molar-refractivity contribution in [1.29, 1.82) is 0 Å². The molecule has 0 unspecified atom stereocenters. The zero-order valence-corrected chi connectivity index (χ0v) is 15.6. The Morgan fingerprint density at radius 1 is 1.00 bits per heavy atom. The Labute approximate surface area is 159 Å². The number of sulfonamides is 1. The van der Waals surface area contributed by atoms with E-state index in [9.17, 15) is 8.42 Å². The Morgan fingerprint density at radius 2 is 1.81 bits per heavy atom. The third-order valence-electron chi connectivity index (χ3n) is 3.65. The SMILES string of the molecule is O=S(=O)(Nc1cccc(-c2nc3cccnc3s2)c1)c1ccc(Cl)cc1. The Morgan fingerprint density at radius 3 is 2.58 bits per heavy atom. The maximum atomic E-state index is 12.5. The Hall–Kier alpha value is -2.48. The molecule has 4 rings (SSSR count). The van der Waals surface area contributed by atoms with Crippen molar-refractivity contribution in [1.82, 2.24) is 9.97 Å². The number of pyridine rings is 1. The van der Waals surface area contributed by atoms with Gasteiger partial charge < -0.3 is 0 Å². The van der Waals surface area contributed by atoms with Crippen LogP contribution in [0, 0.1) is 0 Å². The summed E-state index contributed by atoms with van der Waals surface area (Å²) in [5.41, 5.74) is 2.11. The van der Waals surface area contributed by atoms with Gasteiger partial charge in [0.05, 0.1) is 4.90 Å². The summed E-state index contributed by atoms with van der Waals surface area (Å²) in [5.74, 6) is 0. The van der Waals surface area contributed by atoms with Crippen LogP contribution in [0.5, 0.6) is 0 Å². The van der Waals surface area contributed by atoms with Gasteiger partial charge in [-0.05, 0) is 48.5 Å². The van der Waals surface area contributed by atoms with Gasteiger partial charge in [-0.3, -0.25) is 4.72 Å². The highest BCUT2D eigenvalue weighted by Gasteiger charge is 2.15. The number of nitrogens with one attached hydrogen (secondary N) is 1. The largest absolute Gasteiger partial charge is 0.280 e. The van der Waals surface area contributed by atoms with Gasteiger partial charge in [-0.2, -0.15) is 0 Å². The molecule has 0 bridgehead atoms. The zero-order chi connectivity index (χ0) is 18.1. The highest BCUT2D eigenvalue weighted by Crippen LogP contribution is 2.30. The van der Waals surface area contributed by atoms with Crippen LogP contribution in [0.25, 0.3) is 20.9 Å². The first-order chi connectivity index (χ1) is 12.5. The van der Waals surface area contributed by atoms with Crippen molar-refractivity contribution in [3.63, 3.8) is 0 Å². The van der Waals surface area contributed by atoms with Crippen molar-refractivity contribution in [3.05, 3.63) is 71.9 Å². The van der Waals surface area contributed by atoms with Crippen LogP contribution in [0.15, 0.2) is 71.8 Å². The number of rotatable bonds is 4. The number of thiazole rings is 1. The lowest BCUT2D eigenvalue weighted by molar-refractivity contribution is 0.601. The fourth-order valence-corrected chi connectivity index (χ4v) is 4.52. The molecular formula is C18H12ClN3O2S2. The molecular weight excluding hydrogens is 390 g/mol. The summed E-state index contributed by atoms with van der Waals surface area (Å²) in [6.45, 7) is 0. The van der Waals surface area contributed by atoms with E-state index < -0.39 is 10.0 Å². The molecule has 8 heteroatoms. The minimum atomic E-state index is -3.69. The van der Waals surface area contributed by atoms with E-state index in [0.717, 1.165) is 20.9 Å². The molecule has 0 saturated carbocycles. The molecule has 0 aliphatic rings. The van der Waals surface area contributed by atoms with Crippen LogP contribution in [0.1, 0.15) is 0 Å². The summed E-state index contributed by atoms with van der Waals surface area (Å²) < 4.78 is 27.6. The molecule has 4 aromatic rings. The number of aromatic nitrogens is 2. The molecule has 0 aliphatic carbocycles. The molecule has 0 radical (unpaired) electrons. The second-order valence-corrected chi connectivity index (χ2v) is 8.58. The summed E-state index contributed by atoms with van der Waals surface area (Å²) in [5, 5.41) is 1.27. The summed E-state index contributed by atoms with van der Waals surface area (Å²) in [6, 6.07) is 16.9. The van der Waals surface area contributed by atoms with Crippen LogP contribution in [0.3, 0.4) is 0 Å². The molecule has 0 spiro atoms. The first-order valence-corrected chi connectivity index (χ1v) is 10.3. The van der Waals surface area contributed by atoms with Crippen LogP contribution in [-0.4, -0.2) is 18.4 Å². The standard InChI is InChI=1S/C18H12ClN3O2S2/c19-13-6-8-15(9-7-13)26(23,24)22-14-4-1-3-12(11-14)17-21-16-5-2-10-20-18(16)25-17/h1-11,22H. The van der Waals surface area contributed by atoms with Crippen LogP contribution in [0.4, 0.5) is 5.69 Å². The minimum absolute atomic E-state index is 0.150. The molecule has 0 saturated heterocycles. The fourth-order valence-electron chi connectivity index (χ4n) is 2.44. The first kappa shape index (κ1) is 17.0. The van der Waals surface area contributed by atoms with E-state index in [0.29, 0.717) is 10.7 Å². The second kappa shape index (κ2) is 6.68. The predicted molar refractivity (Wildman–Crippen MR) is 105 cm³/mol. The van der Waals surface area contributed by atoms with Gasteiger partial charge in [-0.25, -0.2) is 18.4 Å². The number of hydrogen-bond acceptors (Lipinski definition) is 5. The second-order valence-electron chi connectivity index (χ2n) is 5.49. The highest BCUT2D eigenvalue weighted by atomic mass is 35.5. The van der Waals surface area contributed by atoms with Gasteiger partial charge in [-0.1, -0.05) is 35.1 Å². The molecule has 2 heterocycles. The van der Waals surface area contributed by atoms with Crippen molar-refractivity contribution in [2.24, 2.45) is 0 Å². The van der Waals surface area contributed by atoms with Gasteiger partial charge in [0, 0.05) is 22.5 Å². The van der Waals surface area contributed by atoms with E-state index in [1.807, 2.05) is 18.2 Å². The number of anilines is 1. The number of hydrogen-bond donors (Lipinski definition) is 1. The molecule has 0 aliphatic heterocycles. The molecule has 0 atom stereocenters. The van der Waals surface area contributed by atoms with Crippen molar-refractivity contribution >= 4 is 49.0 Å². The monoisotopic (exact) mass is 401 g/mol. The minimum Gasteiger partial charge on any atom is -0.280 e. The Balaban J connectivity index is 1.66. The first-order valence-electron chi connectivity index (χ1n) is 7.62. The molecule has 0 fully saturated rings. The van der Waals surface area contributed by atoms with Crippen molar-refractivity contribution in [2.45, 2.75) is 4.90 Å². The van der Waals surface area contributed by atoms with Gasteiger partial charge >= 0.3 is 0 Å². The Kier molecular flexibility index (Phi) is 4.36. The predicted octanol–water partition coefficient (Wildman–Crippen LogP) is 4.81. The highest BCUT2D eigenvalue weighted by molar-refractivity contribution is 7.92. The molecule has 2 aromatic heterocycles. The van der Waals surface area contributed by atoms with Gasteiger partial charge in [0.1, 0.15) is 15.4 Å².